The van der Waals surface area contributed by atoms with Gasteiger partial charge in [-0.3, -0.25) is 9.36 Å². The monoisotopic (exact) mass is 429 g/mol. The van der Waals surface area contributed by atoms with E-state index < -0.39 is 15.8 Å². The van der Waals surface area contributed by atoms with Crippen molar-refractivity contribution in [3.8, 4) is 0 Å². The summed E-state index contributed by atoms with van der Waals surface area (Å²) in [6.07, 6.45) is 2.91. The molecule has 0 aliphatic heterocycles. The predicted molar refractivity (Wildman–Crippen MR) is 112 cm³/mol. The molecule has 2 aromatic carbocycles. The zero-order chi connectivity index (χ0) is 21.3. The Hall–Kier alpha value is -2.91. The van der Waals surface area contributed by atoms with Gasteiger partial charge in [-0.05, 0) is 42.5 Å². The standard InChI is InChI=1S/C21H23N3O5S/c1-24-18-10-9-15(13-19(18)29-21(24)26)30(27,28)22-12-11-20(25)23-17-8-4-6-14-5-2-3-7-16(14)17/h2-3,5,7,9-10,13,17,22H,4,6,8,11-12H2,1H3,(H,23,25)/t17-/m0/s1. The lowest BCUT2D eigenvalue weighted by molar-refractivity contribution is -0.121. The number of carbonyl (C=O) groups excluding carboxylic acids is 1. The van der Waals surface area contributed by atoms with Crippen LogP contribution >= 0.6 is 0 Å². The molecule has 158 valence electrons. The molecule has 0 unspecified atom stereocenters. The lowest BCUT2D eigenvalue weighted by Crippen LogP contribution is -2.34. The minimum absolute atomic E-state index is 0.0223. The molecule has 0 fully saturated rings. The molecule has 0 bridgehead atoms. The van der Waals surface area contributed by atoms with Gasteiger partial charge in [0.05, 0.1) is 16.5 Å². The van der Waals surface area contributed by atoms with Crippen molar-refractivity contribution in [3.63, 3.8) is 0 Å². The fraction of sp³-hybridized carbons (Fsp3) is 0.333. The van der Waals surface area contributed by atoms with E-state index in [1.165, 1.54) is 28.3 Å². The van der Waals surface area contributed by atoms with Crippen LogP contribution in [-0.4, -0.2) is 25.4 Å². The summed E-state index contributed by atoms with van der Waals surface area (Å²) in [5, 5.41) is 3.01. The molecule has 0 spiro atoms. The molecule has 1 heterocycles. The van der Waals surface area contributed by atoms with Crippen LogP contribution in [0.25, 0.3) is 11.1 Å². The highest BCUT2D eigenvalue weighted by atomic mass is 32.2. The molecule has 9 heteroatoms. The van der Waals surface area contributed by atoms with Crippen LogP contribution in [0.5, 0.6) is 0 Å². The van der Waals surface area contributed by atoms with Gasteiger partial charge in [0.2, 0.25) is 15.9 Å². The molecule has 3 aromatic rings. The first-order valence-corrected chi connectivity index (χ1v) is 11.3. The lowest BCUT2D eigenvalue weighted by Gasteiger charge is -2.26. The second kappa shape index (κ2) is 8.08. The van der Waals surface area contributed by atoms with Crippen LogP contribution in [0.4, 0.5) is 0 Å². The van der Waals surface area contributed by atoms with Gasteiger partial charge in [0.1, 0.15) is 0 Å². The van der Waals surface area contributed by atoms with Gasteiger partial charge in [0, 0.05) is 26.1 Å². The van der Waals surface area contributed by atoms with Crippen molar-refractivity contribution in [1.82, 2.24) is 14.6 Å². The third kappa shape index (κ3) is 4.03. The van der Waals surface area contributed by atoms with E-state index in [9.17, 15) is 18.0 Å². The average molecular weight is 429 g/mol. The van der Waals surface area contributed by atoms with Crippen LogP contribution < -0.4 is 15.8 Å². The maximum atomic E-state index is 12.5. The van der Waals surface area contributed by atoms with Crippen molar-refractivity contribution >= 4 is 27.0 Å². The number of hydrogen-bond acceptors (Lipinski definition) is 5. The van der Waals surface area contributed by atoms with Gasteiger partial charge in [-0.2, -0.15) is 0 Å². The van der Waals surface area contributed by atoms with E-state index in [1.807, 2.05) is 18.2 Å². The molecule has 1 aliphatic rings. The normalized spacial score (nSPS) is 16.4. The Morgan fingerprint density at radius 3 is 2.87 bits per heavy atom. The largest absolute Gasteiger partial charge is 0.419 e. The number of aryl methyl sites for hydroxylation is 2. The van der Waals surface area contributed by atoms with E-state index in [4.69, 9.17) is 4.42 Å². The second-order valence-electron chi connectivity index (χ2n) is 7.42. The number of amides is 1. The Kier molecular flexibility index (Phi) is 5.48. The topological polar surface area (TPSA) is 110 Å². The van der Waals surface area contributed by atoms with Crippen molar-refractivity contribution in [2.45, 2.75) is 36.6 Å². The zero-order valence-corrected chi connectivity index (χ0v) is 17.4. The molecule has 30 heavy (non-hydrogen) atoms. The van der Waals surface area contributed by atoms with Gasteiger partial charge in [-0.15, -0.1) is 0 Å². The summed E-state index contributed by atoms with van der Waals surface area (Å²) in [6.45, 7) is -0.0285. The number of nitrogens with zero attached hydrogens (tertiary/aromatic N) is 1. The van der Waals surface area contributed by atoms with E-state index >= 15 is 0 Å². The third-order valence-corrected chi connectivity index (χ3v) is 6.88. The second-order valence-corrected chi connectivity index (χ2v) is 9.18. The van der Waals surface area contributed by atoms with Crippen LogP contribution in [0, 0.1) is 0 Å². The number of hydrogen-bond donors (Lipinski definition) is 2. The molecule has 0 saturated carbocycles. The minimum Gasteiger partial charge on any atom is -0.408 e. The Morgan fingerprint density at radius 2 is 2.03 bits per heavy atom. The number of fused-ring (bicyclic) bond motifs is 2. The Bertz CT molecular complexity index is 1260. The van der Waals surface area contributed by atoms with Gasteiger partial charge in [-0.1, -0.05) is 24.3 Å². The minimum atomic E-state index is -3.83. The van der Waals surface area contributed by atoms with Crippen molar-refractivity contribution in [3.05, 3.63) is 64.1 Å². The van der Waals surface area contributed by atoms with E-state index in [0.29, 0.717) is 5.52 Å². The van der Waals surface area contributed by atoms with Crippen molar-refractivity contribution in [2.24, 2.45) is 7.05 Å². The Labute approximate surface area is 173 Å². The summed E-state index contributed by atoms with van der Waals surface area (Å²) in [6, 6.07) is 12.2. The van der Waals surface area contributed by atoms with Crippen molar-refractivity contribution in [1.29, 1.82) is 0 Å². The van der Waals surface area contributed by atoms with Crippen LogP contribution in [0.2, 0.25) is 0 Å². The average Bonchev–Trinajstić information content (AvgIpc) is 3.01. The first kappa shape index (κ1) is 20.4. The molecular formula is C21H23N3O5S. The smallest absolute Gasteiger partial charge is 0.408 e. The quantitative estimate of drug-likeness (QED) is 0.623. The number of rotatable bonds is 6. The van der Waals surface area contributed by atoms with E-state index in [-0.39, 0.29) is 35.4 Å². The summed E-state index contributed by atoms with van der Waals surface area (Å²) in [7, 11) is -2.29. The maximum Gasteiger partial charge on any atom is 0.419 e. The first-order chi connectivity index (χ1) is 14.3. The highest BCUT2D eigenvalue weighted by Crippen LogP contribution is 2.29. The number of sulfonamides is 1. The summed E-state index contributed by atoms with van der Waals surface area (Å²) in [5.74, 6) is -0.766. The van der Waals surface area contributed by atoms with E-state index in [1.54, 1.807) is 7.05 Å². The van der Waals surface area contributed by atoms with Gasteiger partial charge in [0.15, 0.2) is 5.58 Å². The maximum absolute atomic E-state index is 12.5. The van der Waals surface area contributed by atoms with Gasteiger partial charge < -0.3 is 9.73 Å². The molecule has 2 N–H and O–H groups in total. The zero-order valence-electron chi connectivity index (χ0n) is 16.6. The van der Waals surface area contributed by atoms with Crippen LogP contribution in [0.15, 0.2) is 56.6 Å². The summed E-state index contributed by atoms with van der Waals surface area (Å²) in [5.41, 5.74) is 3.08. The number of benzene rings is 2. The fourth-order valence-corrected chi connectivity index (χ4v) is 4.88. The lowest BCUT2D eigenvalue weighted by atomic mass is 9.88. The predicted octanol–water partition coefficient (Wildman–Crippen LogP) is 1.99. The van der Waals surface area contributed by atoms with Gasteiger partial charge in [-0.25, -0.2) is 17.9 Å². The molecule has 4 rings (SSSR count). The summed E-state index contributed by atoms with van der Waals surface area (Å²) >= 11 is 0. The Balaban J connectivity index is 1.37. The molecule has 0 radical (unpaired) electrons. The molecule has 1 amide bonds. The van der Waals surface area contributed by atoms with E-state index in [2.05, 4.69) is 16.1 Å². The fourth-order valence-electron chi connectivity index (χ4n) is 3.83. The van der Waals surface area contributed by atoms with Crippen LogP contribution in [0.3, 0.4) is 0 Å². The molecule has 8 nitrogen and oxygen atoms in total. The number of aromatic nitrogens is 1. The number of carbonyl (C=O) groups is 1. The molecular weight excluding hydrogens is 406 g/mol. The van der Waals surface area contributed by atoms with Gasteiger partial charge in [0.25, 0.3) is 0 Å². The number of nitrogens with one attached hydrogen (secondary N) is 2. The highest BCUT2D eigenvalue weighted by Gasteiger charge is 2.22. The van der Waals surface area contributed by atoms with Crippen molar-refractivity contribution in [2.75, 3.05) is 6.54 Å². The molecule has 1 atom stereocenters. The third-order valence-electron chi connectivity index (χ3n) is 5.42. The SMILES string of the molecule is Cn1c(=O)oc2cc(S(=O)(=O)NCCC(=O)N[C@H]3CCCc4ccccc43)ccc21. The number of oxazole rings is 1. The molecule has 1 aliphatic carbocycles. The molecule has 1 aromatic heterocycles. The summed E-state index contributed by atoms with van der Waals surface area (Å²) < 4.78 is 33.8. The summed E-state index contributed by atoms with van der Waals surface area (Å²) in [4.78, 5) is 23.9. The van der Waals surface area contributed by atoms with Crippen LogP contribution in [0.1, 0.15) is 36.4 Å². The van der Waals surface area contributed by atoms with Crippen LogP contribution in [-0.2, 0) is 28.3 Å². The first-order valence-electron chi connectivity index (χ1n) is 9.81. The van der Waals surface area contributed by atoms with Gasteiger partial charge >= 0.3 is 5.76 Å². The Morgan fingerprint density at radius 1 is 1.23 bits per heavy atom. The highest BCUT2D eigenvalue weighted by molar-refractivity contribution is 7.89. The van der Waals surface area contributed by atoms with Crippen molar-refractivity contribution < 1.29 is 17.6 Å². The molecule has 0 saturated heterocycles. The van der Waals surface area contributed by atoms with E-state index in [0.717, 1.165) is 24.8 Å².